The minimum Gasteiger partial charge on any atom is -0.484 e. The lowest BCUT2D eigenvalue weighted by atomic mass is 10.2. The van der Waals surface area contributed by atoms with E-state index in [1.165, 1.54) is 0 Å². The highest BCUT2D eigenvalue weighted by Gasteiger charge is 2.08. The van der Waals surface area contributed by atoms with Crippen LogP contribution < -0.4 is 15.4 Å². The summed E-state index contributed by atoms with van der Waals surface area (Å²) in [6.45, 7) is 1.70. The zero-order valence-electron chi connectivity index (χ0n) is 12.6. The van der Waals surface area contributed by atoms with Crippen LogP contribution >= 0.6 is 22.6 Å². The van der Waals surface area contributed by atoms with Gasteiger partial charge < -0.3 is 15.4 Å². The summed E-state index contributed by atoms with van der Waals surface area (Å²) >= 11 is 2.21. The number of para-hydroxylation sites is 1. The zero-order valence-corrected chi connectivity index (χ0v) is 14.8. The molecule has 5 nitrogen and oxygen atoms in total. The Morgan fingerprint density at radius 1 is 1.09 bits per heavy atom. The molecule has 0 bridgehead atoms. The third-order valence-electron chi connectivity index (χ3n) is 3.02. The molecular weight excluding hydrogens is 407 g/mol. The summed E-state index contributed by atoms with van der Waals surface area (Å²) < 4.78 is 6.41. The van der Waals surface area contributed by atoms with Gasteiger partial charge in [0.05, 0.1) is 6.54 Å². The van der Waals surface area contributed by atoms with Crippen molar-refractivity contribution in [1.29, 1.82) is 0 Å². The Morgan fingerprint density at radius 3 is 2.52 bits per heavy atom. The number of amides is 2. The molecule has 0 unspecified atom stereocenters. The predicted octanol–water partition coefficient (Wildman–Crippen LogP) is 2.73. The van der Waals surface area contributed by atoms with E-state index in [2.05, 4.69) is 33.2 Å². The lowest BCUT2D eigenvalue weighted by Crippen LogP contribution is -2.35. The first-order valence-corrected chi connectivity index (χ1v) is 8.13. The van der Waals surface area contributed by atoms with Crippen molar-refractivity contribution in [2.45, 2.75) is 6.92 Å². The van der Waals surface area contributed by atoms with Gasteiger partial charge >= 0.3 is 0 Å². The largest absolute Gasteiger partial charge is 0.484 e. The fourth-order valence-corrected chi connectivity index (χ4v) is 2.50. The number of rotatable bonds is 6. The Balaban J connectivity index is 1.74. The first-order valence-electron chi connectivity index (χ1n) is 7.05. The predicted molar refractivity (Wildman–Crippen MR) is 97.5 cm³/mol. The number of carbonyl (C=O) groups excluding carboxylic acids is 2. The highest BCUT2D eigenvalue weighted by molar-refractivity contribution is 14.1. The topological polar surface area (TPSA) is 67.4 Å². The maximum Gasteiger partial charge on any atom is 0.258 e. The summed E-state index contributed by atoms with van der Waals surface area (Å²) in [6.07, 6.45) is 0. The van der Waals surface area contributed by atoms with Crippen LogP contribution in [0.2, 0.25) is 0 Å². The molecule has 2 amide bonds. The number of hydrogen-bond donors (Lipinski definition) is 2. The van der Waals surface area contributed by atoms with Crippen LogP contribution in [0.3, 0.4) is 0 Å². The number of carbonyl (C=O) groups is 2. The van der Waals surface area contributed by atoms with Crippen LogP contribution in [0, 0.1) is 10.5 Å². The molecule has 6 heteroatoms. The molecule has 2 aromatic rings. The zero-order chi connectivity index (χ0) is 16.7. The summed E-state index contributed by atoms with van der Waals surface area (Å²) in [5, 5.41) is 5.30. The van der Waals surface area contributed by atoms with Crippen molar-refractivity contribution in [3.63, 3.8) is 0 Å². The molecule has 0 aliphatic heterocycles. The lowest BCUT2D eigenvalue weighted by Gasteiger charge is -2.10. The number of halogens is 1. The Morgan fingerprint density at radius 2 is 1.83 bits per heavy atom. The van der Waals surface area contributed by atoms with E-state index in [1.807, 2.05) is 43.3 Å². The van der Waals surface area contributed by atoms with Gasteiger partial charge in [-0.2, -0.15) is 0 Å². The van der Waals surface area contributed by atoms with E-state index in [4.69, 9.17) is 4.74 Å². The van der Waals surface area contributed by atoms with Crippen LogP contribution in [-0.4, -0.2) is 25.0 Å². The monoisotopic (exact) mass is 424 g/mol. The van der Waals surface area contributed by atoms with Crippen molar-refractivity contribution in [2.24, 2.45) is 0 Å². The van der Waals surface area contributed by atoms with Crippen molar-refractivity contribution in [2.75, 3.05) is 18.5 Å². The highest BCUT2D eigenvalue weighted by Crippen LogP contribution is 2.17. The Kier molecular flexibility index (Phi) is 6.40. The SMILES string of the molecule is Cc1cc(I)ccc1NC(=O)CNC(=O)COc1ccccc1. The van der Waals surface area contributed by atoms with E-state index >= 15 is 0 Å². The molecule has 0 aliphatic rings. The number of ether oxygens (including phenoxy) is 1. The van der Waals surface area contributed by atoms with Crippen LogP contribution in [0.25, 0.3) is 0 Å². The molecule has 23 heavy (non-hydrogen) atoms. The van der Waals surface area contributed by atoms with Crippen LogP contribution in [0.5, 0.6) is 5.75 Å². The van der Waals surface area contributed by atoms with E-state index in [0.717, 1.165) is 14.8 Å². The fraction of sp³-hybridized carbons (Fsp3) is 0.176. The summed E-state index contributed by atoms with van der Waals surface area (Å²) in [7, 11) is 0. The van der Waals surface area contributed by atoms with Gasteiger partial charge in [-0.25, -0.2) is 0 Å². The second-order valence-electron chi connectivity index (χ2n) is 4.89. The van der Waals surface area contributed by atoms with E-state index in [-0.39, 0.29) is 25.0 Å². The third kappa shape index (κ3) is 5.90. The number of nitrogens with one attached hydrogen (secondary N) is 2. The molecule has 0 saturated carbocycles. The number of anilines is 1. The van der Waals surface area contributed by atoms with Gasteiger partial charge in [0.1, 0.15) is 5.75 Å². The van der Waals surface area contributed by atoms with E-state index in [1.54, 1.807) is 12.1 Å². The van der Waals surface area contributed by atoms with Crippen LogP contribution in [0.1, 0.15) is 5.56 Å². The van der Waals surface area contributed by atoms with Crippen LogP contribution in [0.4, 0.5) is 5.69 Å². The van der Waals surface area contributed by atoms with Crippen molar-refractivity contribution in [3.05, 3.63) is 57.7 Å². The standard InChI is InChI=1S/C17H17IN2O3/c1-12-9-13(18)7-8-15(12)20-16(21)10-19-17(22)11-23-14-5-3-2-4-6-14/h2-9H,10-11H2,1H3,(H,19,22)(H,20,21). The van der Waals surface area contributed by atoms with E-state index in [0.29, 0.717) is 5.75 Å². The third-order valence-corrected chi connectivity index (χ3v) is 3.69. The molecule has 2 N–H and O–H groups in total. The average molecular weight is 424 g/mol. The summed E-state index contributed by atoms with van der Waals surface area (Å²) in [4.78, 5) is 23.5. The van der Waals surface area contributed by atoms with Gasteiger partial charge in [-0.1, -0.05) is 18.2 Å². The van der Waals surface area contributed by atoms with Gasteiger partial charge in [0.25, 0.3) is 5.91 Å². The van der Waals surface area contributed by atoms with Crippen molar-refractivity contribution < 1.29 is 14.3 Å². The average Bonchev–Trinajstić information content (AvgIpc) is 2.54. The molecule has 0 radical (unpaired) electrons. The Bertz CT molecular complexity index is 689. The van der Waals surface area contributed by atoms with Gasteiger partial charge in [-0.3, -0.25) is 9.59 Å². The maximum atomic E-state index is 11.9. The van der Waals surface area contributed by atoms with Crippen molar-refractivity contribution in [3.8, 4) is 5.75 Å². The summed E-state index contributed by atoms with van der Waals surface area (Å²) in [5.41, 5.74) is 1.72. The van der Waals surface area contributed by atoms with E-state index < -0.39 is 0 Å². The van der Waals surface area contributed by atoms with Gasteiger partial charge in [0, 0.05) is 9.26 Å². The first-order chi connectivity index (χ1) is 11.0. The molecule has 0 saturated heterocycles. The summed E-state index contributed by atoms with van der Waals surface area (Å²) in [6, 6.07) is 14.8. The molecular formula is C17H17IN2O3. The summed E-state index contributed by atoms with van der Waals surface area (Å²) in [5.74, 6) is -0.00711. The molecule has 0 atom stereocenters. The van der Waals surface area contributed by atoms with Gasteiger partial charge in [-0.05, 0) is 65.4 Å². The fourth-order valence-electron chi connectivity index (χ4n) is 1.86. The second kappa shape index (κ2) is 8.52. The second-order valence-corrected chi connectivity index (χ2v) is 6.13. The molecule has 0 fully saturated rings. The molecule has 0 spiro atoms. The van der Waals surface area contributed by atoms with Crippen LogP contribution in [-0.2, 0) is 9.59 Å². The van der Waals surface area contributed by atoms with Crippen molar-refractivity contribution >= 4 is 40.1 Å². The minimum absolute atomic E-state index is 0.0948. The highest BCUT2D eigenvalue weighted by atomic mass is 127. The van der Waals surface area contributed by atoms with Crippen LogP contribution in [0.15, 0.2) is 48.5 Å². The smallest absolute Gasteiger partial charge is 0.258 e. The lowest BCUT2D eigenvalue weighted by molar-refractivity contribution is -0.125. The van der Waals surface area contributed by atoms with E-state index in [9.17, 15) is 9.59 Å². The molecule has 0 aromatic heterocycles. The number of aryl methyl sites for hydroxylation is 1. The Hall–Kier alpha value is -2.09. The van der Waals surface area contributed by atoms with Gasteiger partial charge in [0.2, 0.25) is 5.91 Å². The Labute approximate surface area is 148 Å². The maximum absolute atomic E-state index is 11.9. The first kappa shape index (κ1) is 17.3. The quantitative estimate of drug-likeness (QED) is 0.701. The normalized spacial score (nSPS) is 10.0. The molecule has 120 valence electrons. The molecule has 2 aromatic carbocycles. The van der Waals surface area contributed by atoms with Crippen molar-refractivity contribution in [1.82, 2.24) is 5.32 Å². The van der Waals surface area contributed by atoms with Gasteiger partial charge in [-0.15, -0.1) is 0 Å². The number of benzene rings is 2. The molecule has 0 heterocycles. The number of hydrogen-bond acceptors (Lipinski definition) is 3. The molecule has 2 rings (SSSR count). The van der Waals surface area contributed by atoms with Gasteiger partial charge in [0.15, 0.2) is 6.61 Å². The molecule has 0 aliphatic carbocycles. The minimum atomic E-state index is -0.344.